The molecule has 1 aromatic carbocycles. The zero-order chi connectivity index (χ0) is 13.9. The minimum atomic E-state index is -0.310. The van der Waals surface area contributed by atoms with Gasteiger partial charge in [0.1, 0.15) is 11.6 Å². The lowest BCUT2D eigenvalue weighted by Crippen LogP contribution is -2.22. The maximum Gasteiger partial charge on any atom is 0.126 e. The average molecular weight is 267 g/mol. The Morgan fingerprint density at radius 3 is 2.42 bits per heavy atom. The van der Waals surface area contributed by atoms with Crippen LogP contribution in [0, 0.1) is 24.0 Å². The van der Waals surface area contributed by atoms with Gasteiger partial charge in [-0.05, 0) is 74.2 Å². The van der Waals surface area contributed by atoms with Gasteiger partial charge in [-0.25, -0.2) is 8.78 Å². The topological polar surface area (TPSA) is 26.0 Å². The van der Waals surface area contributed by atoms with Crippen molar-refractivity contribution in [2.45, 2.75) is 51.9 Å². The van der Waals surface area contributed by atoms with E-state index in [-0.39, 0.29) is 17.0 Å². The molecule has 0 bridgehead atoms. The number of aryl methyl sites for hydroxylation is 2. The van der Waals surface area contributed by atoms with E-state index in [1.807, 2.05) is 0 Å². The Balaban J connectivity index is 2.07. The lowest BCUT2D eigenvalue weighted by Gasteiger charge is -2.28. The Morgan fingerprint density at radius 1 is 1.11 bits per heavy atom. The van der Waals surface area contributed by atoms with E-state index in [0.29, 0.717) is 24.1 Å². The van der Waals surface area contributed by atoms with Gasteiger partial charge >= 0.3 is 0 Å². The molecular formula is C16H23F2N. The Morgan fingerprint density at radius 2 is 1.79 bits per heavy atom. The fourth-order valence-corrected chi connectivity index (χ4v) is 3.34. The molecule has 1 aliphatic carbocycles. The third-order valence-corrected chi connectivity index (χ3v) is 4.59. The lowest BCUT2D eigenvalue weighted by molar-refractivity contribution is 0.252. The fourth-order valence-electron chi connectivity index (χ4n) is 3.34. The van der Waals surface area contributed by atoms with Gasteiger partial charge < -0.3 is 5.73 Å². The first-order valence-corrected chi connectivity index (χ1v) is 7.21. The second kappa shape index (κ2) is 6.00. The van der Waals surface area contributed by atoms with E-state index in [0.717, 1.165) is 12.8 Å². The standard InChI is InChI=1S/C16H23F2N/c1-12-10-15(18)13(11-14(12)17)4-7-16(8-9-19)5-2-3-6-16/h10-11H,2-9,19H2,1H3. The number of rotatable bonds is 5. The first-order chi connectivity index (χ1) is 9.06. The van der Waals surface area contributed by atoms with E-state index in [1.165, 1.54) is 37.8 Å². The molecule has 1 fully saturated rings. The molecule has 1 nitrogen and oxygen atoms in total. The smallest absolute Gasteiger partial charge is 0.126 e. The van der Waals surface area contributed by atoms with E-state index in [4.69, 9.17) is 5.73 Å². The van der Waals surface area contributed by atoms with Gasteiger partial charge in [-0.1, -0.05) is 12.8 Å². The highest BCUT2D eigenvalue weighted by molar-refractivity contribution is 5.25. The molecule has 1 saturated carbocycles. The summed E-state index contributed by atoms with van der Waals surface area (Å²) in [6.45, 7) is 2.28. The molecule has 0 saturated heterocycles. The van der Waals surface area contributed by atoms with Gasteiger partial charge in [-0.2, -0.15) is 0 Å². The van der Waals surface area contributed by atoms with Crippen molar-refractivity contribution in [3.8, 4) is 0 Å². The Kier molecular flexibility index (Phi) is 4.56. The highest BCUT2D eigenvalue weighted by atomic mass is 19.1. The van der Waals surface area contributed by atoms with E-state index >= 15 is 0 Å². The molecule has 0 heterocycles. The number of halogens is 2. The van der Waals surface area contributed by atoms with Crippen LogP contribution in [0.4, 0.5) is 8.78 Å². The molecule has 0 unspecified atom stereocenters. The summed E-state index contributed by atoms with van der Waals surface area (Å²) in [7, 11) is 0. The van der Waals surface area contributed by atoms with E-state index in [1.54, 1.807) is 6.92 Å². The molecule has 2 N–H and O–H groups in total. The Hall–Kier alpha value is -0.960. The summed E-state index contributed by atoms with van der Waals surface area (Å²) in [5.74, 6) is -0.588. The SMILES string of the molecule is Cc1cc(F)c(CCC2(CCN)CCCC2)cc1F. The van der Waals surface area contributed by atoms with Crippen molar-refractivity contribution < 1.29 is 8.78 Å². The summed E-state index contributed by atoms with van der Waals surface area (Å²) in [6, 6.07) is 2.66. The van der Waals surface area contributed by atoms with Crippen LogP contribution < -0.4 is 5.73 Å². The lowest BCUT2D eigenvalue weighted by atomic mass is 9.77. The summed E-state index contributed by atoms with van der Waals surface area (Å²) in [4.78, 5) is 0. The van der Waals surface area contributed by atoms with Crippen molar-refractivity contribution in [1.82, 2.24) is 0 Å². The average Bonchev–Trinajstić information content (AvgIpc) is 2.82. The van der Waals surface area contributed by atoms with Crippen molar-refractivity contribution in [3.05, 3.63) is 34.9 Å². The number of hydrogen-bond donors (Lipinski definition) is 1. The van der Waals surface area contributed by atoms with Crippen LogP contribution in [0.2, 0.25) is 0 Å². The molecule has 0 aliphatic heterocycles. The predicted molar refractivity (Wildman–Crippen MR) is 74.0 cm³/mol. The largest absolute Gasteiger partial charge is 0.330 e. The van der Waals surface area contributed by atoms with Gasteiger partial charge in [-0.15, -0.1) is 0 Å². The van der Waals surface area contributed by atoms with Crippen molar-refractivity contribution >= 4 is 0 Å². The normalized spacial score (nSPS) is 17.9. The van der Waals surface area contributed by atoms with Crippen molar-refractivity contribution in [2.24, 2.45) is 11.1 Å². The van der Waals surface area contributed by atoms with Crippen LogP contribution in [0.5, 0.6) is 0 Å². The second-order valence-electron chi connectivity index (χ2n) is 5.94. The van der Waals surface area contributed by atoms with Crippen molar-refractivity contribution in [3.63, 3.8) is 0 Å². The summed E-state index contributed by atoms with van der Waals surface area (Å²) in [6.07, 6.45) is 7.38. The number of hydrogen-bond acceptors (Lipinski definition) is 1. The number of benzene rings is 1. The summed E-state index contributed by atoms with van der Waals surface area (Å²) < 4.78 is 27.3. The van der Waals surface area contributed by atoms with Crippen LogP contribution in [0.1, 0.15) is 49.7 Å². The van der Waals surface area contributed by atoms with E-state index in [2.05, 4.69) is 0 Å². The molecule has 0 aromatic heterocycles. The molecule has 1 aromatic rings. The zero-order valence-electron chi connectivity index (χ0n) is 11.6. The van der Waals surface area contributed by atoms with Crippen molar-refractivity contribution in [1.29, 1.82) is 0 Å². The van der Waals surface area contributed by atoms with Gasteiger partial charge in [0, 0.05) is 0 Å². The molecule has 0 radical (unpaired) electrons. The third kappa shape index (κ3) is 3.33. The first kappa shape index (κ1) is 14.4. The monoisotopic (exact) mass is 267 g/mol. The van der Waals surface area contributed by atoms with Gasteiger partial charge in [0.25, 0.3) is 0 Å². The quantitative estimate of drug-likeness (QED) is 0.853. The molecule has 0 spiro atoms. The zero-order valence-corrected chi connectivity index (χ0v) is 11.6. The molecule has 2 rings (SSSR count). The minimum absolute atomic E-state index is 0.266. The second-order valence-corrected chi connectivity index (χ2v) is 5.94. The molecule has 0 amide bonds. The van der Waals surface area contributed by atoms with Gasteiger partial charge in [-0.3, -0.25) is 0 Å². The maximum atomic E-state index is 13.8. The van der Waals surface area contributed by atoms with Crippen LogP contribution in [0.3, 0.4) is 0 Å². The molecule has 0 atom stereocenters. The number of nitrogens with two attached hydrogens (primary N) is 1. The molecule has 1 aliphatic rings. The minimum Gasteiger partial charge on any atom is -0.330 e. The van der Waals surface area contributed by atoms with Crippen LogP contribution >= 0.6 is 0 Å². The fraction of sp³-hybridized carbons (Fsp3) is 0.625. The van der Waals surface area contributed by atoms with E-state index < -0.39 is 0 Å². The Labute approximate surface area is 114 Å². The van der Waals surface area contributed by atoms with Crippen LogP contribution in [-0.4, -0.2) is 6.54 Å². The highest BCUT2D eigenvalue weighted by Crippen LogP contribution is 2.44. The molecule has 106 valence electrons. The highest BCUT2D eigenvalue weighted by Gasteiger charge is 2.32. The predicted octanol–water partition coefficient (Wildman–Crippen LogP) is 4.12. The van der Waals surface area contributed by atoms with Crippen LogP contribution in [-0.2, 0) is 6.42 Å². The maximum absolute atomic E-state index is 13.8. The summed E-state index contributed by atoms with van der Waals surface area (Å²) in [5, 5.41) is 0. The Bertz CT molecular complexity index is 437. The van der Waals surface area contributed by atoms with Crippen molar-refractivity contribution in [2.75, 3.05) is 6.54 Å². The van der Waals surface area contributed by atoms with Crippen LogP contribution in [0.15, 0.2) is 12.1 Å². The van der Waals surface area contributed by atoms with Crippen LogP contribution in [0.25, 0.3) is 0 Å². The third-order valence-electron chi connectivity index (χ3n) is 4.59. The molecular weight excluding hydrogens is 244 g/mol. The van der Waals surface area contributed by atoms with E-state index in [9.17, 15) is 8.78 Å². The summed E-state index contributed by atoms with van der Waals surface area (Å²) in [5.41, 5.74) is 6.85. The summed E-state index contributed by atoms with van der Waals surface area (Å²) >= 11 is 0. The first-order valence-electron chi connectivity index (χ1n) is 7.21. The van der Waals surface area contributed by atoms with Gasteiger partial charge in [0.15, 0.2) is 0 Å². The molecule has 19 heavy (non-hydrogen) atoms. The van der Waals surface area contributed by atoms with Gasteiger partial charge in [0.05, 0.1) is 0 Å². The molecule has 3 heteroatoms. The van der Waals surface area contributed by atoms with Gasteiger partial charge in [0.2, 0.25) is 0 Å².